The van der Waals surface area contributed by atoms with Crippen molar-refractivity contribution >= 4 is 21.8 Å². The minimum atomic E-state index is -3.34. The molecule has 0 aliphatic carbocycles. The van der Waals surface area contributed by atoms with Crippen molar-refractivity contribution < 1.29 is 13.2 Å². The molecule has 0 aromatic carbocycles. The van der Waals surface area contributed by atoms with Crippen LogP contribution in [0, 0.1) is 0 Å². The maximum absolute atomic E-state index is 11.6. The molecule has 2 aliphatic heterocycles. The highest BCUT2D eigenvalue weighted by molar-refractivity contribution is 7.90. The number of nitrogens with one attached hydrogen (secondary N) is 1. The summed E-state index contributed by atoms with van der Waals surface area (Å²) in [6.45, 7) is 2.72. The van der Waals surface area contributed by atoms with Crippen molar-refractivity contribution in [3.05, 3.63) is 23.9 Å². The van der Waals surface area contributed by atoms with Gasteiger partial charge in [-0.05, 0) is 19.1 Å². The van der Waals surface area contributed by atoms with Gasteiger partial charge in [-0.2, -0.15) is 0 Å². The summed E-state index contributed by atoms with van der Waals surface area (Å²) < 4.78 is 26.2. The number of fused-ring (bicyclic) bond motifs is 1. The number of hydrogen-bond acceptors (Lipinski definition) is 4. The highest BCUT2D eigenvalue weighted by atomic mass is 32.2. The van der Waals surface area contributed by atoms with E-state index in [4.69, 9.17) is 0 Å². The third-order valence-corrected chi connectivity index (χ3v) is 3.59. The third-order valence-electron chi connectivity index (χ3n) is 2.42. The fourth-order valence-electron chi connectivity index (χ4n) is 1.60. The monoisotopic (exact) mass is 255 g/mol. The first-order chi connectivity index (χ1) is 8.02. The molecule has 0 aromatic heterocycles. The van der Waals surface area contributed by atoms with E-state index in [1.165, 1.54) is 0 Å². The second kappa shape index (κ2) is 4.33. The number of hydrogen-bond donors (Lipinski definition) is 1. The highest BCUT2D eigenvalue weighted by Crippen LogP contribution is 2.15. The Kier molecular flexibility index (Phi) is 3.01. The average molecular weight is 255 g/mol. The molecule has 6 nitrogen and oxygen atoms in total. The number of carbonyl (C=O) groups excluding carboxylic acids is 1. The molecule has 2 aliphatic rings. The summed E-state index contributed by atoms with van der Waals surface area (Å²) in [5, 5.41) is 2.68. The average Bonchev–Trinajstić information content (AvgIpc) is 2.27. The molecule has 92 valence electrons. The van der Waals surface area contributed by atoms with Gasteiger partial charge in [-0.3, -0.25) is 4.79 Å². The molecular weight excluding hydrogens is 242 g/mol. The second-order valence-electron chi connectivity index (χ2n) is 3.71. The lowest BCUT2D eigenvalue weighted by molar-refractivity contribution is -0.117. The lowest BCUT2D eigenvalue weighted by Crippen LogP contribution is -2.38. The first-order valence-electron chi connectivity index (χ1n) is 5.29. The van der Waals surface area contributed by atoms with Crippen molar-refractivity contribution in [2.24, 2.45) is 4.40 Å². The Labute approximate surface area is 99.8 Å². The minimum Gasteiger partial charge on any atom is -0.352 e. The van der Waals surface area contributed by atoms with Crippen LogP contribution in [0.1, 0.15) is 6.92 Å². The topological polar surface area (TPSA) is 78.8 Å². The van der Waals surface area contributed by atoms with Crippen LogP contribution in [0.15, 0.2) is 28.3 Å². The van der Waals surface area contributed by atoms with Gasteiger partial charge in [-0.1, -0.05) is 0 Å². The highest BCUT2D eigenvalue weighted by Gasteiger charge is 2.24. The van der Waals surface area contributed by atoms with Crippen molar-refractivity contribution in [2.75, 3.05) is 18.8 Å². The second-order valence-corrected chi connectivity index (χ2v) is 5.46. The van der Waals surface area contributed by atoms with E-state index in [2.05, 4.69) is 9.71 Å². The Hall–Kier alpha value is -1.63. The van der Waals surface area contributed by atoms with E-state index in [0.717, 1.165) is 0 Å². The van der Waals surface area contributed by atoms with Crippen LogP contribution in [0.3, 0.4) is 0 Å². The lowest BCUT2D eigenvalue weighted by atomic mass is 10.2. The van der Waals surface area contributed by atoms with E-state index in [1.54, 1.807) is 23.3 Å². The van der Waals surface area contributed by atoms with E-state index < -0.39 is 10.0 Å². The van der Waals surface area contributed by atoms with Crippen LogP contribution in [0.2, 0.25) is 0 Å². The Morgan fingerprint density at radius 1 is 1.53 bits per heavy atom. The minimum absolute atomic E-state index is 0.0243. The first kappa shape index (κ1) is 11.8. The molecule has 0 radical (unpaired) electrons. The SMILES string of the molecule is CCNC(=O)C1=CN2CCS(=O)(=O)N=C2C=C1. The van der Waals surface area contributed by atoms with Gasteiger partial charge >= 0.3 is 0 Å². The standard InChI is InChI=1S/C10H13N3O3S/c1-2-11-10(14)8-3-4-9-12-17(15,16)6-5-13(9)7-8/h3-4,7H,2,5-6H2,1H3,(H,11,14). The molecule has 0 saturated heterocycles. The molecule has 0 saturated carbocycles. The molecule has 2 rings (SSSR count). The van der Waals surface area contributed by atoms with Crippen LogP contribution in [0.5, 0.6) is 0 Å². The zero-order valence-electron chi connectivity index (χ0n) is 9.38. The summed E-state index contributed by atoms with van der Waals surface area (Å²) in [4.78, 5) is 13.3. The summed E-state index contributed by atoms with van der Waals surface area (Å²) in [6, 6.07) is 0. The number of nitrogens with zero attached hydrogens (tertiary/aromatic N) is 2. The molecule has 1 N–H and O–H groups in total. The van der Waals surface area contributed by atoms with Gasteiger partial charge in [0.2, 0.25) is 0 Å². The van der Waals surface area contributed by atoms with Gasteiger partial charge in [-0.15, -0.1) is 4.40 Å². The summed E-state index contributed by atoms with van der Waals surface area (Å²) in [5.74, 6) is 0.171. The van der Waals surface area contributed by atoms with Crippen LogP contribution in [-0.4, -0.2) is 43.9 Å². The normalized spacial score (nSPS) is 21.4. The van der Waals surface area contributed by atoms with Crippen molar-refractivity contribution in [1.29, 1.82) is 0 Å². The number of likely N-dealkylation sites (N-methyl/N-ethyl adjacent to an activating group) is 1. The molecule has 2 heterocycles. The fourth-order valence-corrected chi connectivity index (χ4v) is 2.57. The van der Waals surface area contributed by atoms with Gasteiger partial charge < -0.3 is 10.2 Å². The van der Waals surface area contributed by atoms with Crippen molar-refractivity contribution in [1.82, 2.24) is 10.2 Å². The maximum Gasteiger partial charge on any atom is 0.256 e. The molecule has 0 spiro atoms. The summed E-state index contributed by atoms with van der Waals surface area (Å²) in [5.41, 5.74) is 0.505. The van der Waals surface area contributed by atoms with Crippen molar-refractivity contribution in [2.45, 2.75) is 6.92 Å². The van der Waals surface area contributed by atoms with Crippen LogP contribution >= 0.6 is 0 Å². The van der Waals surface area contributed by atoms with Crippen molar-refractivity contribution in [3.8, 4) is 0 Å². The smallest absolute Gasteiger partial charge is 0.256 e. The van der Waals surface area contributed by atoms with E-state index in [0.29, 0.717) is 24.5 Å². The maximum atomic E-state index is 11.6. The predicted molar refractivity (Wildman–Crippen MR) is 63.8 cm³/mol. The molecule has 1 amide bonds. The lowest BCUT2D eigenvalue weighted by Gasteiger charge is -2.26. The van der Waals surface area contributed by atoms with E-state index in [9.17, 15) is 13.2 Å². The predicted octanol–water partition coefficient (Wildman–Crippen LogP) is -0.380. The Morgan fingerprint density at radius 2 is 2.29 bits per heavy atom. The zero-order valence-corrected chi connectivity index (χ0v) is 10.2. The molecule has 0 atom stereocenters. The molecule has 0 fully saturated rings. The first-order valence-corrected chi connectivity index (χ1v) is 6.90. The summed E-state index contributed by atoms with van der Waals surface area (Å²) >= 11 is 0. The Balaban J connectivity index is 2.24. The van der Waals surface area contributed by atoms with Crippen molar-refractivity contribution in [3.63, 3.8) is 0 Å². The van der Waals surface area contributed by atoms with Crippen LogP contribution < -0.4 is 5.32 Å². The van der Waals surface area contributed by atoms with Gasteiger partial charge in [0.15, 0.2) is 0 Å². The molecule has 0 unspecified atom stereocenters. The summed E-state index contributed by atoms with van der Waals surface area (Å²) in [7, 11) is -3.34. The Bertz CT molecular complexity index is 531. The molecule has 0 bridgehead atoms. The largest absolute Gasteiger partial charge is 0.352 e. The number of amides is 1. The third kappa shape index (κ3) is 2.55. The quantitative estimate of drug-likeness (QED) is 0.729. The van der Waals surface area contributed by atoms with E-state index in [1.807, 2.05) is 6.92 Å². The molecule has 17 heavy (non-hydrogen) atoms. The molecular formula is C10H13N3O3S. The number of rotatable bonds is 2. The molecule has 7 heteroatoms. The van der Waals surface area contributed by atoms with Gasteiger partial charge in [0.05, 0.1) is 11.3 Å². The van der Waals surface area contributed by atoms with Gasteiger partial charge in [0, 0.05) is 19.3 Å². The van der Waals surface area contributed by atoms with Gasteiger partial charge in [-0.25, -0.2) is 8.42 Å². The van der Waals surface area contributed by atoms with E-state index >= 15 is 0 Å². The summed E-state index contributed by atoms with van der Waals surface area (Å²) in [6.07, 6.45) is 4.74. The van der Waals surface area contributed by atoms with Crippen LogP contribution in [-0.2, 0) is 14.8 Å². The fraction of sp³-hybridized carbons (Fsp3) is 0.400. The van der Waals surface area contributed by atoms with Gasteiger partial charge in [0.25, 0.3) is 15.9 Å². The zero-order chi connectivity index (χ0) is 12.5. The number of sulfonamides is 1. The molecule has 0 aromatic rings. The van der Waals surface area contributed by atoms with Crippen LogP contribution in [0.25, 0.3) is 0 Å². The van der Waals surface area contributed by atoms with Crippen LogP contribution in [0.4, 0.5) is 0 Å². The Morgan fingerprint density at radius 3 is 3.00 bits per heavy atom. The number of carbonyl (C=O) groups is 1. The number of amidine groups is 1. The van der Waals surface area contributed by atoms with E-state index in [-0.39, 0.29) is 11.7 Å². The van der Waals surface area contributed by atoms with Gasteiger partial charge in [0.1, 0.15) is 5.84 Å².